The van der Waals surface area contributed by atoms with Crippen LogP contribution in [0.5, 0.6) is 0 Å². The molecule has 0 aliphatic carbocycles. The largest absolute Gasteiger partial charge is 0.366 e. The van der Waals surface area contributed by atoms with E-state index >= 15 is 0 Å². The van der Waals surface area contributed by atoms with Gasteiger partial charge in [0.05, 0.1) is 15.7 Å². The lowest BCUT2D eigenvalue weighted by Gasteiger charge is -2.09. The molecule has 0 fully saturated rings. The molecule has 7 heteroatoms. The van der Waals surface area contributed by atoms with Crippen molar-refractivity contribution in [3.63, 3.8) is 0 Å². The summed E-state index contributed by atoms with van der Waals surface area (Å²) in [7, 11) is 0. The zero-order valence-electron chi connectivity index (χ0n) is 10.5. The van der Waals surface area contributed by atoms with Crippen LogP contribution in [0, 0.1) is 0 Å². The van der Waals surface area contributed by atoms with Crippen molar-refractivity contribution in [3.05, 3.63) is 62.0 Å². The highest BCUT2D eigenvalue weighted by atomic mass is 79.9. The number of nitrogens with one attached hydrogen (secondary N) is 1. The summed E-state index contributed by atoms with van der Waals surface area (Å²) in [4.78, 5) is 23.3. The van der Waals surface area contributed by atoms with Crippen molar-refractivity contribution in [2.45, 2.75) is 0 Å². The molecule has 0 heterocycles. The molecule has 0 unspecified atom stereocenters. The smallest absolute Gasteiger partial charge is 0.255 e. The van der Waals surface area contributed by atoms with Crippen LogP contribution in [0.4, 0.5) is 5.69 Å². The predicted octanol–water partition coefficient (Wildman–Crippen LogP) is 4.11. The Kier molecular flexibility index (Phi) is 4.88. The first-order valence-electron chi connectivity index (χ1n) is 5.74. The summed E-state index contributed by atoms with van der Waals surface area (Å²) in [5, 5.41) is 3.43. The summed E-state index contributed by atoms with van der Waals surface area (Å²) in [6.07, 6.45) is 0. The van der Waals surface area contributed by atoms with E-state index in [1.165, 1.54) is 18.2 Å². The van der Waals surface area contributed by atoms with E-state index in [0.717, 1.165) is 0 Å². The molecule has 2 aromatic carbocycles. The molecule has 0 radical (unpaired) electrons. The van der Waals surface area contributed by atoms with Gasteiger partial charge in [0, 0.05) is 15.6 Å². The fourth-order valence-corrected chi connectivity index (χ4v) is 2.27. The van der Waals surface area contributed by atoms with Crippen LogP contribution in [0.2, 0.25) is 10.0 Å². The normalized spacial score (nSPS) is 10.2. The minimum absolute atomic E-state index is 0.256. The first-order chi connectivity index (χ1) is 9.88. The number of halogens is 3. The van der Waals surface area contributed by atoms with Crippen LogP contribution in [-0.4, -0.2) is 11.8 Å². The molecule has 2 aromatic rings. The van der Waals surface area contributed by atoms with Gasteiger partial charge in [-0.15, -0.1) is 0 Å². The lowest BCUT2D eigenvalue weighted by atomic mass is 10.1. The number of anilines is 1. The monoisotopic (exact) mass is 386 g/mol. The van der Waals surface area contributed by atoms with Gasteiger partial charge in [-0.05, 0) is 52.3 Å². The van der Waals surface area contributed by atoms with E-state index in [4.69, 9.17) is 28.9 Å². The van der Waals surface area contributed by atoms with Gasteiger partial charge in [0.15, 0.2) is 0 Å². The van der Waals surface area contributed by atoms with Crippen molar-refractivity contribution in [2.75, 3.05) is 5.32 Å². The van der Waals surface area contributed by atoms with Crippen LogP contribution in [0.25, 0.3) is 0 Å². The number of carbonyl (C=O) groups excluding carboxylic acids is 2. The molecule has 2 amide bonds. The Morgan fingerprint density at radius 3 is 2.24 bits per heavy atom. The van der Waals surface area contributed by atoms with Crippen molar-refractivity contribution in [2.24, 2.45) is 5.73 Å². The third kappa shape index (κ3) is 3.75. The molecule has 4 nitrogen and oxygen atoms in total. The molecule has 0 bridgehead atoms. The second-order valence-corrected chi connectivity index (χ2v) is 5.81. The number of nitrogens with two attached hydrogens (primary N) is 1. The van der Waals surface area contributed by atoms with Crippen LogP contribution in [0.3, 0.4) is 0 Å². The Labute approximate surface area is 139 Å². The van der Waals surface area contributed by atoms with Crippen molar-refractivity contribution in [1.82, 2.24) is 0 Å². The van der Waals surface area contributed by atoms with Crippen molar-refractivity contribution < 1.29 is 9.59 Å². The maximum atomic E-state index is 12.2. The molecule has 3 N–H and O–H groups in total. The number of primary amides is 1. The van der Waals surface area contributed by atoms with Gasteiger partial charge in [-0.25, -0.2) is 0 Å². The molecule has 0 saturated carbocycles. The van der Waals surface area contributed by atoms with E-state index in [2.05, 4.69) is 21.2 Å². The van der Waals surface area contributed by atoms with E-state index in [0.29, 0.717) is 25.8 Å². The van der Waals surface area contributed by atoms with Gasteiger partial charge < -0.3 is 11.1 Å². The van der Waals surface area contributed by atoms with Gasteiger partial charge in [0.1, 0.15) is 0 Å². The van der Waals surface area contributed by atoms with Gasteiger partial charge in [0.2, 0.25) is 5.91 Å². The highest BCUT2D eigenvalue weighted by Gasteiger charge is 2.12. The summed E-state index contributed by atoms with van der Waals surface area (Å²) in [5.74, 6) is -0.979. The fraction of sp³-hybridized carbons (Fsp3) is 0. The molecule has 0 aromatic heterocycles. The van der Waals surface area contributed by atoms with E-state index < -0.39 is 5.91 Å². The van der Waals surface area contributed by atoms with E-state index in [1.54, 1.807) is 18.2 Å². The number of hydrogen-bond acceptors (Lipinski definition) is 2. The highest BCUT2D eigenvalue weighted by molar-refractivity contribution is 9.10. The second kappa shape index (κ2) is 6.47. The Morgan fingerprint density at radius 2 is 1.62 bits per heavy atom. The molecule has 0 atom stereocenters. The number of benzene rings is 2. The zero-order valence-corrected chi connectivity index (χ0v) is 13.6. The molecular weight excluding hydrogens is 379 g/mol. The van der Waals surface area contributed by atoms with Gasteiger partial charge in [-0.3, -0.25) is 9.59 Å². The predicted molar refractivity (Wildman–Crippen MR) is 87.1 cm³/mol. The quantitative estimate of drug-likeness (QED) is 0.831. The van der Waals surface area contributed by atoms with Crippen LogP contribution >= 0.6 is 39.1 Å². The maximum Gasteiger partial charge on any atom is 0.255 e. The van der Waals surface area contributed by atoms with Crippen molar-refractivity contribution in [3.8, 4) is 0 Å². The Morgan fingerprint density at radius 1 is 1.00 bits per heavy atom. The summed E-state index contributed by atoms with van der Waals surface area (Å²) in [6.45, 7) is 0. The average molecular weight is 388 g/mol. The molecule has 0 aliphatic rings. The van der Waals surface area contributed by atoms with Gasteiger partial charge in [0.25, 0.3) is 5.91 Å². The standard InChI is InChI=1S/C14H9BrCl2N2O2/c15-9-5-8(2-3-10(9)16)14(21)19-12-6-7(13(18)20)1-4-11(12)17/h1-6H,(H2,18,20)(H,19,21). The average Bonchev–Trinajstić information content (AvgIpc) is 2.43. The van der Waals surface area contributed by atoms with E-state index in [9.17, 15) is 9.59 Å². The number of carbonyl (C=O) groups is 2. The van der Waals surface area contributed by atoms with E-state index in [-0.39, 0.29) is 11.5 Å². The zero-order chi connectivity index (χ0) is 15.6. The summed E-state index contributed by atoms with van der Waals surface area (Å²) in [5.41, 5.74) is 6.16. The lowest BCUT2D eigenvalue weighted by molar-refractivity contribution is 0.0996. The summed E-state index contributed by atoms with van der Waals surface area (Å²) >= 11 is 15.1. The minimum atomic E-state index is -0.601. The summed E-state index contributed by atoms with van der Waals surface area (Å²) < 4.78 is 0.605. The fourth-order valence-electron chi connectivity index (χ4n) is 1.61. The molecule has 108 valence electrons. The van der Waals surface area contributed by atoms with Crippen LogP contribution in [-0.2, 0) is 0 Å². The molecule has 0 saturated heterocycles. The number of amides is 2. The Bertz CT molecular complexity index is 735. The molecule has 21 heavy (non-hydrogen) atoms. The first kappa shape index (κ1) is 15.8. The third-order valence-electron chi connectivity index (χ3n) is 2.68. The molecule has 0 aliphatic heterocycles. The second-order valence-electron chi connectivity index (χ2n) is 4.14. The summed E-state index contributed by atoms with van der Waals surface area (Å²) in [6, 6.07) is 9.17. The maximum absolute atomic E-state index is 12.2. The molecular formula is C14H9BrCl2N2O2. The number of rotatable bonds is 3. The number of hydrogen-bond donors (Lipinski definition) is 2. The lowest BCUT2D eigenvalue weighted by Crippen LogP contribution is -2.15. The highest BCUT2D eigenvalue weighted by Crippen LogP contribution is 2.26. The Hall–Kier alpha value is -1.56. The Balaban J connectivity index is 2.28. The first-order valence-corrected chi connectivity index (χ1v) is 7.29. The van der Waals surface area contributed by atoms with Crippen molar-refractivity contribution in [1.29, 1.82) is 0 Å². The topological polar surface area (TPSA) is 72.2 Å². The molecule has 2 rings (SSSR count). The van der Waals surface area contributed by atoms with Gasteiger partial charge in [-0.1, -0.05) is 23.2 Å². The van der Waals surface area contributed by atoms with Crippen LogP contribution in [0.1, 0.15) is 20.7 Å². The minimum Gasteiger partial charge on any atom is -0.366 e. The van der Waals surface area contributed by atoms with Crippen LogP contribution in [0.15, 0.2) is 40.9 Å². The van der Waals surface area contributed by atoms with Crippen LogP contribution < -0.4 is 11.1 Å². The van der Waals surface area contributed by atoms with Gasteiger partial charge in [-0.2, -0.15) is 0 Å². The molecule has 0 spiro atoms. The third-order valence-corrected chi connectivity index (χ3v) is 4.22. The van der Waals surface area contributed by atoms with Crippen molar-refractivity contribution >= 4 is 56.6 Å². The SMILES string of the molecule is NC(=O)c1ccc(Cl)c(NC(=O)c2ccc(Cl)c(Br)c2)c1. The van der Waals surface area contributed by atoms with E-state index in [1.807, 2.05) is 0 Å². The van der Waals surface area contributed by atoms with Gasteiger partial charge >= 0.3 is 0 Å².